The van der Waals surface area contributed by atoms with Crippen molar-refractivity contribution in [1.29, 1.82) is 0 Å². The first kappa shape index (κ1) is 26.1. The number of anilines is 3. The lowest BCUT2D eigenvalue weighted by atomic mass is 10.2. The number of para-hydroxylation sites is 1. The van der Waals surface area contributed by atoms with Gasteiger partial charge in [-0.25, -0.2) is 19.9 Å². The SMILES string of the molecule is CCCN(CCNc1ccc(-c2nc(Nc3cc(C)[nH]n3)c3ccccc3n2)cn1)Cc1ccc(OC)nc1. The molecule has 0 fully saturated rings. The highest BCUT2D eigenvalue weighted by atomic mass is 16.5. The third-order valence-corrected chi connectivity index (χ3v) is 6.26. The van der Waals surface area contributed by atoms with Gasteiger partial charge in [-0.05, 0) is 49.7 Å². The van der Waals surface area contributed by atoms with E-state index in [1.807, 2.05) is 67.8 Å². The zero-order chi connectivity index (χ0) is 27.0. The number of nitrogens with one attached hydrogen (secondary N) is 3. The van der Waals surface area contributed by atoms with E-state index in [2.05, 4.69) is 48.7 Å². The van der Waals surface area contributed by atoms with E-state index in [9.17, 15) is 0 Å². The maximum absolute atomic E-state index is 5.17. The summed E-state index contributed by atoms with van der Waals surface area (Å²) < 4.78 is 5.17. The van der Waals surface area contributed by atoms with Crippen molar-refractivity contribution in [2.45, 2.75) is 26.8 Å². The lowest BCUT2D eigenvalue weighted by Crippen LogP contribution is -2.29. The Hall–Kier alpha value is -4.57. The summed E-state index contributed by atoms with van der Waals surface area (Å²) in [7, 11) is 1.63. The molecule has 5 rings (SSSR count). The van der Waals surface area contributed by atoms with Gasteiger partial charge in [-0.2, -0.15) is 5.10 Å². The average Bonchev–Trinajstić information content (AvgIpc) is 3.38. The highest BCUT2D eigenvalue weighted by Gasteiger charge is 2.12. The van der Waals surface area contributed by atoms with Crippen molar-refractivity contribution in [3.8, 4) is 17.3 Å². The Morgan fingerprint density at radius 2 is 1.85 bits per heavy atom. The second kappa shape index (κ2) is 12.3. The Morgan fingerprint density at radius 3 is 2.56 bits per heavy atom. The number of hydrogen-bond acceptors (Lipinski definition) is 9. The minimum Gasteiger partial charge on any atom is -0.481 e. The molecule has 4 heterocycles. The first-order valence-electron chi connectivity index (χ1n) is 13.1. The minimum atomic E-state index is 0.602. The highest BCUT2D eigenvalue weighted by Crippen LogP contribution is 2.27. The van der Waals surface area contributed by atoms with Gasteiger partial charge in [-0.3, -0.25) is 10.00 Å². The monoisotopic (exact) mass is 523 g/mol. The number of aromatic amines is 1. The molecule has 200 valence electrons. The van der Waals surface area contributed by atoms with Gasteiger partial charge in [0.15, 0.2) is 11.6 Å². The van der Waals surface area contributed by atoms with Crippen molar-refractivity contribution in [3.05, 3.63) is 78.2 Å². The van der Waals surface area contributed by atoms with E-state index in [1.165, 1.54) is 5.56 Å². The van der Waals surface area contributed by atoms with Crippen molar-refractivity contribution in [2.24, 2.45) is 0 Å². The molecule has 0 spiro atoms. The standard InChI is InChI=1S/C29H33N9O/c1-4-14-38(19-21-9-12-27(39-3)32-17-21)15-13-30-25-11-10-22(18-31-25)28-33-24-8-6-5-7-23(24)29(35-28)34-26-16-20(2)36-37-26/h5-12,16-18H,4,13-15,19H2,1-3H3,(H,30,31)(H2,33,34,35,36,37). The summed E-state index contributed by atoms with van der Waals surface area (Å²) in [6.07, 6.45) is 4.77. The van der Waals surface area contributed by atoms with Gasteiger partial charge in [0.25, 0.3) is 0 Å². The fraction of sp³-hybridized carbons (Fsp3) is 0.276. The topological polar surface area (TPSA) is 117 Å². The Kier molecular flexibility index (Phi) is 8.23. The Bertz CT molecular complexity index is 1500. The molecule has 1 aromatic carbocycles. The van der Waals surface area contributed by atoms with Gasteiger partial charge in [-0.1, -0.05) is 25.1 Å². The van der Waals surface area contributed by atoms with Crippen LogP contribution in [0, 0.1) is 6.92 Å². The number of rotatable bonds is 12. The van der Waals surface area contributed by atoms with Gasteiger partial charge in [0.05, 0.1) is 12.6 Å². The number of nitrogens with zero attached hydrogens (tertiary/aromatic N) is 6. The first-order chi connectivity index (χ1) is 19.1. The molecule has 4 aromatic heterocycles. The van der Waals surface area contributed by atoms with Crippen LogP contribution in [0.4, 0.5) is 17.5 Å². The summed E-state index contributed by atoms with van der Waals surface area (Å²) in [5.74, 6) is 3.45. The summed E-state index contributed by atoms with van der Waals surface area (Å²) in [5.41, 5.74) is 3.83. The molecule has 0 saturated heterocycles. The third kappa shape index (κ3) is 6.66. The molecule has 39 heavy (non-hydrogen) atoms. The molecular formula is C29H33N9O. The van der Waals surface area contributed by atoms with Crippen molar-refractivity contribution in [3.63, 3.8) is 0 Å². The number of H-pyrrole nitrogens is 1. The number of benzene rings is 1. The summed E-state index contributed by atoms with van der Waals surface area (Å²) in [5, 5.41) is 14.9. The highest BCUT2D eigenvalue weighted by molar-refractivity contribution is 5.91. The summed E-state index contributed by atoms with van der Waals surface area (Å²) in [6, 6.07) is 17.8. The number of fused-ring (bicyclic) bond motifs is 1. The quantitative estimate of drug-likeness (QED) is 0.203. The predicted octanol–water partition coefficient (Wildman–Crippen LogP) is 5.19. The fourth-order valence-corrected chi connectivity index (χ4v) is 4.35. The zero-order valence-corrected chi connectivity index (χ0v) is 22.5. The normalized spacial score (nSPS) is 11.2. The molecule has 0 amide bonds. The molecule has 0 radical (unpaired) electrons. The van der Waals surface area contributed by atoms with E-state index >= 15 is 0 Å². The van der Waals surface area contributed by atoms with Gasteiger partial charge < -0.3 is 15.4 Å². The molecule has 0 saturated carbocycles. The third-order valence-electron chi connectivity index (χ3n) is 6.26. The zero-order valence-electron chi connectivity index (χ0n) is 22.5. The van der Waals surface area contributed by atoms with Crippen LogP contribution in [0.3, 0.4) is 0 Å². The maximum Gasteiger partial charge on any atom is 0.212 e. The minimum absolute atomic E-state index is 0.602. The lowest BCUT2D eigenvalue weighted by Gasteiger charge is -2.22. The summed E-state index contributed by atoms with van der Waals surface area (Å²) >= 11 is 0. The molecule has 10 nitrogen and oxygen atoms in total. The van der Waals surface area contributed by atoms with Gasteiger partial charge >= 0.3 is 0 Å². The second-order valence-electron chi connectivity index (χ2n) is 9.32. The van der Waals surface area contributed by atoms with Crippen molar-refractivity contribution in [2.75, 3.05) is 37.4 Å². The Morgan fingerprint density at radius 1 is 0.949 bits per heavy atom. The first-order valence-corrected chi connectivity index (χ1v) is 13.1. The molecule has 0 bridgehead atoms. The van der Waals surface area contributed by atoms with Crippen LogP contribution in [0.2, 0.25) is 0 Å². The number of pyridine rings is 2. The number of aryl methyl sites for hydroxylation is 1. The average molecular weight is 524 g/mol. The van der Waals surface area contributed by atoms with E-state index in [-0.39, 0.29) is 0 Å². The molecule has 10 heteroatoms. The van der Waals surface area contributed by atoms with E-state index in [1.54, 1.807) is 7.11 Å². The molecule has 0 aliphatic heterocycles. The summed E-state index contributed by atoms with van der Waals surface area (Å²) in [6.45, 7) is 7.67. The van der Waals surface area contributed by atoms with Crippen LogP contribution in [0.25, 0.3) is 22.3 Å². The van der Waals surface area contributed by atoms with Crippen molar-refractivity contribution < 1.29 is 4.74 Å². The molecule has 0 aliphatic rings. The largest absolute Gasteiger partial charge is 0.481 e. The van der Waals surface area contributed by atoms with Crippen LogP contribution in [0.1, 0.15) is 24.6 Å². The van der Waals surface area contributed by atoms with E-state index < -0.39 is 0 Å². The Labute approximate surface area is 227 Å². The molecule has 5 aromatic rings. The van der Waals surface area contributed by atoms with Crippen LogP contribution in [0.15, 0.2) is 67.0 Å². The number of hydrogen-bond donors (Lipinski definition) is 3. The molecular weight excluding hydrogens is 490 g/mol. The molecule has 0 atom stereocenters. The number of methoxy groups -OCH3 is 1. The van der Waals surface area contributed by atoms with Gasteiger partial charge in [-0.15, -0.1) is 0 Å². The molecule has 0 aliphatic carbocycles. The smallest absolute Gasteiger partial charge is 0.212 e. The summed E-state index contributed by atoms with van der Waals surface area (Å²) in [4.78, 5) is 20.9. The van der Waals surface area contributed by atoms with Crippen LogP contribution in [-0.4, -0.2) is 61.8 Å². The van der Waals surface area contributed by atoms with Crippen molar-refractivity contribution >= 4 is 28.4 Å². The lowest BCUT2D eigenvalue weighted by molar-refractivity contribution is 0.275. The molecule has 0 unspecified atom stereocenters. The van der Waals surface area contributed by atoms with Crippen molar-refractivity contribution in [1.82, 2.24) is 35.0 Å². The van der Waals surface area contributed by atoms with Gasteiger partial charge in [0.2, 0.25) is 5.88 Å². The number of ether oxygens (including phenoxy) is 1. The van der Waals surface area contributed by atoms with E-state index in [0.29, 0.717) is 23.3 Å². The number of aromatic nitrogens is 6. The van der Waals surface area contributed by atoms with Gasteiger partial charge in [0.1, 0.15) is 11.6 Å². The van der Waals surface area contributed by atoms with Gasteiger partial charge in [0, 0.05) is 60.8 Å². The van der Waals surface area contributed by atoms with Crippen LogP contribution in [-0.2, 0) is 6.54 Å². The van der Waals surface area contributed by atoms with Crippen LogP contribution >= 0.6 is 0 Å². The van der Waals surface area contributed by atoms with E-state index in [4.69, 9.17) is 14.7 Å². The fourth-order valence-electron chi connectivity index (χ4n) is 4.35. The van der Waals surface area contributed by atoms with E-state index in [0.717, 1.165) is 60.6 Å². The molecule has 3 N–H and O–H groups in total. The maximum atomic E-state index is 5.17. The van der Waals surface area contributed by atoms with Crippen LogP contribution < -0.4 is 15.4 Å². The Balaban J connectivity index is 1.24. The predicted molar refractivity (Wildman–Crippen MR) is 154 cm³/mol. The van der Waals surface area contributed by atoms with Crippen LogP contribution in [0.5, 0.6) is 5.88 Å². The second-order valence-corrected chi connectivity index (χ2v) is 9.32.